The first kappa shape index (κ1) is 18.4. The molecule has 4 heteroatoms. The van der Waals surface area contributed by atoms with Crippen LogP contribution in [0.4, 0.5) is 0 Å². The molecule has 0 radical (unpaired) electrons. The van der Waals surface area contributed by atoms with Crippen molar-refractivity contribution in [2.75, 3.05) is 14.2 Å². The zero-order chi connectivity index (χ0) is 17.5. The lowest BCUT2D eigenvalue weighted by Gasteiger charge is -2.17. The first-order chi connectivity index (χ1) is 11.5. The molecule has 0 bridgehead atoms. The van der Waals surface area contributed by atoms with Gasteiger partial charge in [-0.2, -0.15) is 5.10 Å². The minimum Gasteiger partial charge on any atom is -0.497 e. The minimum absolute atomic E-state index is 0.489. The van der Waals surface area contributed by atoms with Gasteiger partial charge < -0.3 is 9.47 Å². The summed E-state index contributed by atoms with van der Waals surface area (Å²) in [5, 5.41) is 4.36. The molecule has 2 unspecified atom stereocenters. The number of ether oxygens (including phenoxy) is 2. The van der Waals surface area contributed by atoms with Crippen molar-refractivity contribution >= 4 is 0 Å². The Labute approximate surface area is 145 Å². The molecule has 132 valence electrons. The molecule has 0 aliphatic carbocycles. The summed E-state index contributed by atoms with van der Waals surface area (Å²) in [7, 11) is 3.39. The highest BCUT2D eigenvalue weighted by molar-refractivity contribution is 5.39. The third kappa shape index (κ3) is 5.29. The van der Waals surface area contributed by atoms with E-state index < -0.39 is 0 Å². The molecule has 0 spiro atoms. The lowest BCUT2D eigenvalue weighted by Crippen LogP contribution is -2.06. The standard InChI is InChI=1S/C20H30N2O2/c1-15(8-9-22-14-16(2)13-21-22)6-7-17(3)18-10-19(23-4)12-20(11-18)24-5/h10-15,17H,6-9H2,1-5H3. The molecule has 0 saturated carbocycles. The Kier molecular flexibility index (Phi) is 6.71. The summed E-state index contributed by atoms with van der Waals surface area (Å²) in [4.78, 5) is 0. The molecular weight excluding hydrogens is 300 g/mol. The van der Waals surface area contributed by atoms with E-state index in [1.807, 2.05) is 16.9 Å². The fourth-order valence-electron chi connectivity index (χ4n) is 2.90. The zero-order valence-electron chi connectivity index (χ0n) is 15.6. The van der Waals surface area contributed by atoms with Crippen LogP contribution in [-0.4, -0.2) is 24.0 Å². The third-order valence-corrected chi connectivity index (χ3v) is 4.65. The Balaban J connectivity index is 1.84. The van der Waals surface area contributed by atoms with Gasteiger partial charge in [0.05, 0.1) is 20.4 Å². The highest BCUT2D eigenvalue weighted by Crippen LogP contribution is 2.30. The van der Waals surface area contributed by atoms with Gasteiger partial charge in [-0.3, -0.25) is 4.68 Å². The van der Waals surface area contributed by atoms with E-state index >= 15 is 0 Å². The first-order valence-electron chi connectivity index (χ1n) is 8.73. The summed E-state index contributed by atoms with van der Waals surface area (Å²) < 4.78 is 12.8. The Morgan fingerprint density at radius 3 is 2.21 bits per heavy atom. The van der Waals surface area contributed by atoms with Gasteiger partial charge in [0.25, 0.3) is 0 Å². The van der Waals surface area contributed by atoms with Crippen LogP contribution < -0.4 is 9.47 Å². The van der Waals surface area contributed by atoms with Gasteiger partial charge in [0, 0.05) is 18.8 Å². The third-order valence-electron chi connectivity index (χ3n) is 4.65. The number of hydrogen-bond acceptors (Lipinski definition) is 3. The number of rotatable bonds is 9. The van der Waals surface area contributed by atoms with Crippen LogP contribution in [0.15, 0.2) is 30.6 Å². The molecule has 2 aromatic rings. The largest absolute Gasteiger partial charge is 0.497 e. The molecule has 4 nitrogen and oxygen atoms in total. The van der Waals surface area contributed by atoms with Gasteiger partial charge in [0.15, 0.2) is 0 Å². The van der Waals surface area contributed by atoms with E-state index in [2.05, 4.69) is 44.2 Å². The van der Waals surface area contributed by atoms with Crippen LogP contribution in [0, 0.1) is 12.8 Å². The minimum atomic E-state index is 0.489. The van der Waals surface area contributed by atoms with Crippen LogP contribution >= 0.6 is 0 Å². The van der Waals surface area contributed by atoms with Crippen molar-refractivity contribution < 1.29 is 9.47 Å². The molecule has 1 aromatic heterocycles. The quantitative estimate of drug-likeness (QED) is 0.661. The molecule has 0 N–H and O–H groups in total. The summed E-state index contributed by atoms with van der Waals surface area (Å²) in [6.45, 7) is 7.68. The van der Waals surface area contributed by atoms with Crippen molar-refractivity contribution in [3.8, 4) is 11.5 Å². The van der Waals surface area contributed by atoms with Crippen LogP contribution in [0.5, 0.6) is 11.5 Å². The molecule has 1 aromatic carbocycles. The first-order valence-corrected chi connectivity index (χ1v) is 8.73. The van der Waals surface area contributed by atoms with E-state index in [0.29, 0.717) is 11.8 Å². The Morgan fingerprint density at radius 2 is 1.67 bits per heavy atom. The molecule has 0 fully saturated rings. The summed E-state index contributed by atoms with van der Waals surface area (Å²) in [5.41, 5.74) is 2.50. The number of aromatic nitrogens is 2. The van der Waals surface area contributed by atoms with Gasteiger partial charge in [0.1, 0.15) is 11.5 Å². The highest BCUT2D eigenvalue weighted by atomic mass is 16.5. The highest BCUT2D eigenvalue weighted by Gasteiger charge is 2.12. The van der Waals surface area contributed by atoms with E-state index in [0.717, 1.165) is 30.9 Å². The second-order valence-corrected chi connectivity index (χ2v) is 6.80. The fraction of sp³-hybridized carbons (Fsp3) is 0.550. The smallest absolute Gasteiger partial charge is 0.122 e. The molecule has 1 heterocycles. The Hall–Kier alpha value is -1.97. The van der Waals surface area contributed by atoms with Crippen LogP contribution in [-0.2, 0) is 6.54 Å². The van der Waals surface area contributed by atoms with E-state index in [9.17, 15) is 0 Å². The number of methoxy groups -OCH3 is 2. The average molecular weight is 330 g/mol. The van der Waals surface area contributed by atoms with Gasteiger partial charge in [-0.05, 0) is 54.9 Å². The van der Waals surface area contributed by atoms with E-state index in [1.54, 1.807) is 14.2 Å². The van der Waals surface area contributed by atoms with Gasteiger partial charge in [-0.1, -0.05) is 20.3 Å². The van der Waals surface area contributed by atoms with Gasteiger partial charge >= 0.3 is 0 Å². The van der Waals surface area contributed by atoms with E-state index in [-0.39, 0.29) is 0 Å². The predicted molar refractivity (Wildman–Crippen MR) is 97.9 cm³/mol. The van der Waals surface area contributed by atoms with E-state index in [1.165, 1.54) is 17.5 Å². The monoisotopic (exact) mass is 330 g/mol. The topological polar surface area (TPSA) is 36.3 Å². The van der Waals surface area contributed by atoms with Crippen LogP contribution in [0.1, 0.15) is 50.2 Å². The van der Waals surface area contributed by atoms with Crippen LogP contribution in [0.25, 0.3) is 0 Å². The van der Waals surface area contributed by atoms with Crippen LogP contribution in [0.2, 0.25) is 0 Å². The SMILES string of the molecule is COc1cc(OC)cc(C(C)CCC(C)CCn2cc(C)cn2)c1. The maximum Gasteiger partial charge on any atom is 0.122 e. The van der Waals surface area contributed by atoms with Crippen LogP contribution in [0.3, 0.4) is 0 Å². The summed E-state index contributed by atoms with van der Waals surface area (Å²) in [6.07, 6.45) is 7.56. The molecule has 0 aliphatic rings. The van der Waals surface area contributed by atoms with Crippen molar-refractivity contribution in [2.24, 2.45) is 5.92 Å². The molecule has 2 atom stereocenters. The average Bonchev–Trinajstić information content (AvgIpc) is 3.02. The molecular formula is C20H30N2O2. The van der Waals surface area contributed by atoms with Gasteiger partial charge in [-0.25, -0.2) is 0 Å². The van der Waals surface area contributed by atoms with Crippen molar-refractivity contribution in [1.82, 2.24) is 9.78 Å². The van der Waals surface area contributed by atoms with Crippen molar-refractivity contribution in [3.05, 3.63) is 41.7 Å². The predicted octanol–water partition coefficient (Wildman–Crippen LogP) is 4.82. The van der Waals surface area contributed by atoms with E-state index in [4.69, 9.17) is 9.47 Å². The Bertz CT molecular complexity index is 614. The number of nitrogens with zero attached hydrogens (tertiary/aromatic N) is 2. The van der Waals surface area contributed by atoms with Gasteiger partial charge in [-0.15, -0.1) is 0 Å². The molecule has 0 amide bonds. The summed E-state index contributed by atoms with van der Waals surface area (Å²) in [5.74, 6) is 2.89. The molecule has 2 rings (SSSR count). The Morgan fingerprint density at radius 1 is 1.00 bits per heavy atom. The summed E-state index contributed by atoms with van der Waals surface area (Å²) >= 11 is 0. The van der Waals surface area contributed by atoms with Crippen molar-refractivity contribution in [3.63, 3.8) is 0 Å². The van der Waals surface area contributed by atoms with Gasteiger partial charge in [0.2, 0.25) is 0 Å². The number of hydrogen-bond donors (Lipinski definition) is 0. The van der Waals surface area contributed by atoms with Crippen molar-refractivity contribution in [2.45, 2.75) is 52.5 Å². The zero-order valence-corrected chi connectivity index (χ0v) is 15.6. The normalized spacial score (nSPS) is 13.5. The fourth-order valence-corrected chi connectivity index (χ4v) is 2.90. The lowest BCUT2D eigenvalue weighted by atomic mass is 9.91. The molecule has 24 heavy (non-hydrogen) atoms. The summed E-state index contributed by atoms with van der Waals surface area (Å²) in [6, 6.07) is 6.15. The lowest BCUT2D eigenvalue weighted by molar-refractivity contribution is 0.390. The molecule has 0 saturated heterocycles. The number of benzene rings is 1. The number of aryl methyl sites for hydroxylation is 2. The van der Waals surface area contributed by atoms with Crippen molar-refractivity contribution in [1.29, 1.82) is 0 Å². The second kappa shape index (κ2) is 8.76. The molecule has 0 aliphatic heterocycles. The maximum atomic E-state index is 5.37. The maximum absolute atomic E-state index is 5.37. The second-order valence-electron chi connectivity index (χ2n) is 6.80.